The van der Waals surface area contributed by atoms with Gasteiger partial charge in [0.25, 0.3) is 5.91 Å². The second kappa shape index (κ2) is 6.94. The van der Waals surface area contributed by atoms with Crippen LogP contribution in [-0.4, -0.2) is 23.7 Å². The number of nitrogens with zero attached hydrogens (tertiary/aromatic N) is 1. The van der Waals surface area contributed by atoms with E-state index in [9.17, 15) is 4.79 Å². The number of carbonyl (C=O) groups excluding carboxylic acids is 1. The molecule has 0 bridgehead atoms. The summed E-state index contributed by atoms with van der Waals surface area (Å²) >= 11 is 3.27. The first-order chi connectivity index (χ1) is 10.8. The number of fused-ring (bicyclic) bond motifs is 1. The van der Waals surface area contributed by atoms with Gasteiger partial charge < -0.3 is 5.32 Å². The van der Waals surface area contributed by atoms with Gasteiger partial charge in [-0.3, -0.25) is 4.79 Å². The normalized spacial score (nSPS) is 10.8. The lowest BCUT2D eigenvalue weighted by atomic mass is 10.2. The van der Waals surface area contributed by atoms with Crippen LogP contribution in [0.5, 0.6) is 0 Å². The fourth-order valence-electron chi connectivity index (χ4n) is 2.24. The number of rotatable bonds is 5. The van der Waals surface area contributed by atoms with Gasteiger partial charge in [-0.1, -0.05) is 24.3 Å². The largest absolute Gasteiger partial charge is 0.352 e. The summed E-state index contributed by atoms with van der Waals surface area (Å²) in [6.07, 6.45) is 2.74. The van der Waals surface area contributed by atoms with Crippen LogP contribution in [0.3, 0.4) is 0 Å². The van der Waals surface area contributed by atoms with Gasteiger partial charge in [0.05, 0.1) is 20.8 Å². The maximum Gasteiger partial charge on any atom is 0.252 e. The molecule has 1 aromatic heterocycles. The average molecular weight is 328 g/mol. The SMILES string of the molecule is CSc1ccccc1C(=O)NCCc1nc2ccccc2s1. The van der Waals surface area contributed by atoms with Gasteiger partial charge in [0.15, 0.2) is 0 Å². The molecule has 0 spiro atoms. The highest BCUT2D eigenvalue weighted by Gasteiger charge is 2.10. The van der Waals surface area contributed by atoms with Crippen molar-refractivity contribution >= 4 is 39.2 Å². The molecule has 0 fully saturated rings. The molecule has 2 aromatic carbocycles. The highest BCUT2D eigenvalue weighted by Crippen LogP contribution is 2.22. The minimum Gasteiger partial charge on any atom is -0.352 e. The summed E-state index contributed by atoms with van der Waals surface area (Å²) in [6, 6.07) is 15.8. The van der Waals surface area contributed by atoms with Crippen LogP contribution in [0.15, 0.2) is 53.4 Å². The van der Waals surface area contributed by atoms with Crippen molar-refractivity contribution < 1.29 is 4.79 Å². The summed E-state index contributed by atoms with van der Waals surface area (Å²) in [7, 11) is 0. The number of aromatic nitrogens is 1. The van der Waals surface area contributed by atoms with Gasteiger partial charge >= 0.3 is 0 Å². The van der Waals surface area contributed by atoms with Crippen molar-refractivity contribution in [3.63, 3.8) is 0 Å². The summed E-state index contributed by atoms with van der Waals surface area (Å²) < 4.78 is 1.19. The smallest absolute Gasteiger partial charge is 0.252 e. The lowest BCUT2D eigenvalue weighted by Gasteiger charge is -2.07. The zero-order chi connectivity index (χ0) is 15.4. The van der Waals surface area contributed by atoms with Gasteiger partial charge in [0.1, 0.15) is 0 Å². The number of para-hydroxylation sites is 1. The Morgan fingerprint density at radius 2 is 1.95 bits per heavy atom. The Kier molecular flexibility index (Phi) is 4.75. The van der Waals surface area contributed by atoms with Crippen LogP contribution in [0.4, 0.5) is 0 Å². The maximum absolute atomic E-state index is 12.2. The molecular weight excluding hydrogens is 312 g/mol. The lowest BCUT2D eigenvalue weighted by molar-refractivity contribution is 0.0951. The van der Waals surface area contributed by atoms with Gasteiger partial charge in [0, 0.05) is 17.9 Å². The monoisotopic (exact) mass is 328 g/mol. The highest BCUT2D eigenvalue weighted by molar-refractivity contribution is 7.98. The van der Waals surface area contributed by atoms with Gasteiger partial charge in [-0.15, -0.1) is 23.1 Å². The molecule has 1 heterocycles. The molecule has 0 saturated heterocycles. The molecule has 0 aliphatic carbocycles. The molecule has 5 heteroatoms. The second-order valence-corrected chi connectivity index (χ2v) is 6.74. The van der Waals surface area contributed by atoms with Gasteiger partial charge in [-0.2, -0.15) is 0 Å². The van der Waals surface area contributed by atoms with Crippen molar-refractivity contribution in [1.82, 2.24) is 10.3 Å². The van der Waals surface area contributed by atoms with Crippen molar-refractivity contribution in [2.24, 2.45) is 0 Å². The van der Waals surface area contributed by atoms with Crippen LogP contribution in [0.1, 0.15) is 15.4 Å². The molecule has 3 aromatic rings. The van der Waals surface area contributed by atoms with E-state index in [1.54, 1.807) is 23.1 Å². The fraction of sp³-hybridized carbons (Fsp3) is 0.176. The van der Waals surface area contributed by atoms with Crippen molar-refractivity contribution in [3.8, 4) is 0 Å². The van der Waals surface area contributed by atoms with E-state index in [0.717, 1.165) is 27.4 Å². The minimum atomic E-state index is -0.0222. The van der Waals surface area contributed by atoms with Crippen LogP contribution < -0.4 is 5.32 Å². The molecule has 1 N–H and O–H groups in total. The van der Waals surface area contributed by atoms with Crippen molar-refractivity contribution in [1.29, 1.82) is 0 Å². The maximum atomic E-state index is 12.2. The Hall–Kier alpha value is -1.85. The van der Waals surface area contributed by atoms with Crippen molar-refractivity contribution in [3.05, 3.63) is 59.1 Å². The van der Waals surface area contributed by atoms with E-state index >= 15 is 0 Å². The predicted molar refractivity (Wildman–Crippen MR) is 93.9 cm³/mol. The third-order valence-electron chi connectivity index (χ3n) is 3.31. The number of amides is 1. The molecule has 3 nitrogen and oxygen atoms in total. The first-order valence-electron chi connectivity index (χ1n) is 7.03. The second-order valence-electron chi connectivity index (χ2n) is 4.78. The molecular formula is C17H16N2OS2. The minimum absolute atomic E-state index is 0.0222. The molecule has 22 heavy (non-hydrogen) atoms. The van der Waals surface area contributed by atoms with E-state index in [-0.39, 0.29) is 5.91 Å². The quantitative estimate of drug-likeness (QED) is 0.720. The first kappa shape index (κ1) is 15.1. The van der Waals surface area contributed by atoms with Crippen LogP contribution in [-0.2, 0) is 6.42 Å². The van der Waals surface area contributed by atoms with Crippen LogP contribution in [0.2, 0.25) is 0 Å². The third kappa shape index (κ3) is 3.31. The van der Waals surface area contributed by atoms with E-state index in [0.29, 0.717) is 6.54 Å². The van der Waals surface area contributed by atoms with E-state index < -0.39 is 0 Å². The zero-order valence-corrected chi connectivity index (χ0v) is 13.8. The summed E-state index contributed by atoms with van der Waals surface area (Å²) in [5.74, 6) is -0.0222. The average Bonchev–Trinajstić information content (AvgIpc) is 2.97. The number of carbonyl (C=O) groups is 1. The first-order valence-corrected chi connectivity index (χ1v) is 9.08. The van der Waals surface area contributed by atoms with Crippen LogP contribution in [0.25, 0.3) is 10.2 Å². The van der Waals surface area contributed by atoms with E-state index in [4.69, 9.17) is 0 Å². The number of hydrogen-bond donors (Lipinski definition) is 1. The number of thioether (sulfide) groups is 1. The molecule has 3 rings (SSSR count). The Morgan fingerprint density at radius 3 is 2.77 bits per heavy atom. The Bertz CT molecular complexity index is 765. The highest BCUT2D eigenvalue weighted by atomic mass is 32.2. The summed E-state index contributed by atoms with van der Waals surface area (Å²) in [6.45, 7) is 0.599. The van der Waals surface area contributed by atoms with Crippen LogP contribution in [0, 0.1) is 0 Å². The standard InChI is InChI=1S/C17H16N2OS2/c1-21-14-8-4-2-6-12(14)17(20)18-11-10-16-19-13-7-3-5-9-15(13)22-16/h2-9H,10-11H2,1H3,(H,18,20). The van der Waals surface area contributed by atoms with E-state index in [2.05, 4.69) is 16.4 Å². The fourth-order valence-corrected chi connectivity index (χ4v) is 3.80. The summed E-state index contributed by atoms with van der Waals surface area (Å²) in [4.78, 5) is 17.8. The summed E-state index contributed by atoms with van der Waals surface area (Å²) in [5, 5.41) is 4.04. The van der Waals surface area contributed by atoms with Crippen LogP contribution >= 0.6 is 23.1 Å². The lowest BCUT2D eigenvalue weighted by Crippen LogP contribution is -2.26. The number of nitrogens with one attached hydrogen (secondary N) is 1. The van der Waals surface area contributed by atoms with Crippen molar-refractivity contribution in [2.75, 3.05) is 12.8 Å². The Balaban J connectivity index is 1.61. The number of benzene rings is 2. The van der Waals surface area contributed by atoms with Crippen molar-refractivity contribution in [2.45, 2.75) is 11.3 Å². The third-order valence-corrected chi connectivity index (χ3v) is 5.21. The zero-order valence-electron chi connectivity index (χ0n) is 12.2. The Morgan fingerprint density at radius 1 is 1.18 bits per heavy atom. The van der Waals surface area contributed by atoms with E-state index in [1.807, 2.05) is 48.7 Å². The number of hydrogen-bond acceptors (Lipinski definition) is 4. The molecule has 1 amide bonds. The van der Waals surface area contributed by atoms with Gasteiger partial charge in [0.2, 0.25) is 0 Å². The Labute approximate surface area is 137 Å². The molecule has 0 unspecified atom stereocenters. The molecule has 0 aliphatic rings. The molecule has 0 radical (unpaired) electrons. The topological polar surface area (TPSA) is 42.0 Å². The molecule has 0 aliphatic heterocycles. The molecule has 0 atom stereocenters. The number of thiazole rings is 1. The summed E-state index contributed by atoms with van der Waals surface area (Å²) in [5.41, 5.74) is 1.76. The van der Waals surface area contributed by atoms with Gasteiger partial charge in [-0.05, 0) is 30.5 Å². The molecule has 112 valence electrons. The predicted octanol–water partition coefficient (Wildman–Crippen LogP) is 3.99. The van der Waals surface area contributed by atoms with E-state index in [1.165, 1.54) is 4.70 Å². The molecule has 0 saturated carbocycles. The van der Waals surface area contributed by atoms with Gasteiger partial charge in [-0.25, -0.2) is 4.98 Å².